The van der Waals surface area contributed by atoms with E-state index in [0.717, 1.165) is 18.7 Å². The predicted molar refractivity (Wildman–Crippen MR) is 71.4 cm³/mol. The van der Waals surface area contributed by atoms with Crippen LogP contribution in [0.3, 0.4) is 0 Å². The van der Waals surface area contributed by atoms with Gasteiger partial charge in [-0.15, -0.1) is 11.6 Å². The van der Waals surface area contributed by atoms with Gasteiger partial charge in [0, 0.05) is 24.7 Å². The maximum atomic E-state index is 5.85. The van der Waals surface area contributed by atoms with Gasteiger partial charge in [-0.3, -0.25) is 4.68 Å². The average Bonchev–Trinajstić information content (AvgIpc) is 3.01. The van der Waals surface area contributed by atoms with Crippen molar-refractivity contribution in [3.8, 4) is 0 Å². The molecule has 1 fully saturated rings. The van der Waals surface area contributed by atoms with Crippen LogP contribution in [0.25, 0.3) is 0 Å². The second-order valence-electron chi connectivity index (χ2n) is 4.87. The molecular weight excluding hydrogens is 234 g/mol. The summed E-state index contributed by atoms with van der Waals surface area (Å²) >= 11 is 5.85. The van der Waals surface area contributed by atoms with Crippen LogP contribution in [0.4, 0.5) is 0 Å². The fourth-order valence-corrected chi connectivity index (χ4v) is 2.73. The molecule has 0 bridgehead atoms. The lowest BCUT2D eigenvalue weighted by Gasteiger charge is -2.12. The van der Waals surface area contributed by atoms with E-state index in [1.54, 1.807) is 0 Å². The average molecular weight is 256 g/mol. The highest BCUT2D eigenvalue weighted by molar-refractivity contribution is 6.18. The topological polar surface area (TPSA) is 29.9 Å². The van der Waals surface area contributed by atoms with E-state index >= 15 is 0 Å². The third-order valence-electron chi connectivity index (χ3n) is 3.61. The first-order valence-corrected chi connectivity index (χ1v) is 7.20. The van der Waals surface area contributed by atoms with Gasteiger partial charge < -0.3 is 5.32 Å². The number of nitrogens with one attached hydrogen (secondary N) is 1. The van der Waals surface area contributed by atoms with Crippen molar-refractivity contribution in [3.63, 3.8) is 0 Å². The zero-order valence-corrected chi connectivity index (χ0v) is 11.3. The Kier molecular flexibility index (Phi) is 4.86. The SMILES string of the molecule is CCC(CCl)NCc1ccn(C2CCCC2)n1. The minimum Gasteiger partial charge on any atom is -0.307 e. The van der Waals surface area contributed by atoms with Crippen molar-refractivity contribution in [2.75, 3.05) is 5.88 Å². The molecule has 1 aromatic heterocycles. The van der Waals surface area contributed by atoms with Crippen molar-refractivity contribution >= 4 is 11.6 Å². The van der Waals surface area contributed by atoms with Crippen molar-refractivity contribution in [1.29, 1.82) is 0 Å². The highest BCUT2D eigenvalue weighted by Gasteiger charge is 2.17. The highest BCUT2D eigenvalue weighted by Crippen LogP contribution is 2.28. The Morgan fingerprint density at radius 1 is 1.53 bits per heavy atom. The van der Waals surface area contributed by atoms with Crippen LogP contribution in [-0.4, -0.2) is 21.7 Å². The van der Waals surface area contributed by atoms with E-state index in [4.69, 9.17) is 11.6 Å². The molecular formula is C13H22ClN3. The van der Waals surface area contributed by atoms with Gasteiger partial charge in [-0.1, -0.05) is 19.8 Å². The molecule has 1 aliphatic rings. The van der Waals surface area contributed by atoms with Crippen molar-refractivity contribution in [2.45, 2.75) is 57.7 Å². The molecule has 0 aliphatic heterocycles. The predicted octanol–water partition coefficient (Wildman–Crippen LogP) is 3.11. The maximum absolute atomic E-state index is 5.85. The molecule has 1 aliphatic carbocycles. The number of hydrogen-bond acceptors (Lipinski definition) is 2. The van der Waals surface area contributed by atoms with E-state index in [9.17, 15) is 0 Å². The smallest absolute Gasteiger partial charge is 0.0762 e. The molecule has 1 unspecified atom stereocenters. The number of rotatable bonds is 6. The van der Waals surface area contributed by atoms with Crippen molar-refractivity contribution in [2.24, 2.45) is 0 Å². The minimum absolute atomic E-state index is 0.397. The van der Waals surface area contributed by atoms with Gasteiger partial charge in [-0.05, 0) is 25.3 Å². The van der Waals surface area contributed by atoms with Gasteiger partial charge in [0.1, 0.15) is 0 Å². The molecule has 1 heterocycles. The lowest BCUT2D eigenvalue weighted by Crippen LogP contribution is -2.29. The molecule has 4 heteroatoms. The zero-order valence-electron chi connectivity index (χ0n) is 10.5. The lowest BCUT2D eigenvalue weighted by molar-refractivity contribution is 0.457. The second-order valence-corrected chi connectivity index (χ2v) is 5.17. The van der Waals surface area contributed by atoms with Crippen molar-refractivity contribution in [1.82, 2.24) is 15.1 Å². The standard InChI is InChI=1S/C13H22ClN3/c1-2-11(9-14)15-10-12-7-8-17(16-12)13-5-3-4-6-13/h7-8,11,13,15H,2-6,9-10H2,1H3. The van der Waals surface area contributed by atoms with Crippen LogP contribution in [0.15, 0.2) is 12.3 Å². The van der Waals surface area contributed by atoms with E-state index in [-0.39, 0.29) is 0 Å². The Balaban J connectivity index is 1.85. The van der Waals surface area contributed by atoms with Gasteiger partial charge in [0.15, 0.2) is 0 Å². The van der Waals surface area contributed by atoms with Crippen molar-refractivity contribution in [3.05, 3.63) is 18.0 Å². The second kappa shape index (κ2) is 6.41. The fourth-order valence-electron chi connectivity index (χ4n) is 2.40. The Hall–Kier alpha value is -0.540. The van der Waals surface area contributed by atoms with Crippen LogP contribution in [0.5, 0.6) is 0 Å². The van der Waals surface area contributed by atoms with Crippen LogP contribution in [0, 0.1) is 0 Å². The summed E-state index contributed by atoms with van der Waals surface area (Å²) in [5.41, 5.74) is 1.13. The van der Waals surface area contributed by atoms with Gasteiger partial charge in [0.25, 0.3) is 0 Å². The molecule has 2 rings (SSSR count). The Morgan fingerprint density at radius 3 is 2.94 bits per heavy atom. The number of nitrogens with zero attached hydrogens (tertiary/aromatic N) is 2. The molecule has 96 valence electrons. The third-order valence-corrected chi connectivity index (χ3v) is 3.99. The molecule has 0 spiro atoms. The Morgan fingerprint density at radius 2 is 2.29 bits per heavy atom. The van der Waals surface area contributed by atoms with Crippen molar-refractivity contribution < 1.29 is 0 Å². The summed E-state index contributed by atoms with van der Waals surface area (Å²) in [6.45, 7) is 2.97. The summed E-state index contributed by atoms with van der Waals surface area (Å²) in [5, 5.41) is 8.08. The zero-order chi connectivity index (χ0) is 12.1. The molecule has 0 saturated heterocycles. The largest absolute Gasteiger partial charge is 0.307 e. The van der Waals surface area contributed by atoms with Gasteiger partial charge >= 0.3 is 0 Å². The molecule has 0 aromatic carbocycles. The van der Waals surface area contributed by atoms with Gasteiger partial charge in [0.05, 0.1) is 11.7 Å². The fraction of sp³-hybridized carbons (Fsp3) is 0.769. The van der Waals surface area contributed by atoms with Crippen LogP contribution in [0.2, 0.25) is 0 Å². The van der Waals surface area contributed by atoms with Crippen LogP contribution < -0.4 is 5.32 Å². The van der Waals surface area contributed by atoms with Crippen LogP contribution in [-0.2, 0) is 6.54 Å². The summed E-state index contributed by atoms with van der Waals surface area (Å²) in [5.74, 6) is 0.667. The Bertz CT molecular complexity index is 327. The molecule has 1 aromatic rings. The van der Waals surface area contributed by atoms with E-state index in [1.807, 2.05) is 0 Å². The van der Waals surface area contributed by atoms with Crippen LogP contribution >= 0.6 is 11.6 Å². The number of aromatic nitrogens is 2. The first kappa shape index (κ1) is 12.9. The maximum Gasteiger partial charge on any atom is 0.0762 e. The molecule has 3 nitrogen and oxygen atoms in total. The molecule has 1 N–H and O–H groups in total. The molecule has 0 radical (unpaired) electrons. The quantitative estimate of drug-likeness (QED) is 0.792. The summed E-state index contributed by atoms with van der Waals surface area (Å²) in [7, 11) is 0. The number of halogens is 1. The number of hydrogen-bond donors (Lipinski definition) is 1. The van der Waals surface area contributed by atoms with E-state index < -0.39 is 0 Å². The first-order chi connectivity index (χ1) is 8.33. The lowest BCUT2D eigenvalue weighted by atomic mass is 10.2. The van der Waals surface area contributed by atoms with Gasteiger partial charge in [0.2, 0.25) is 0 Å². The number of alkyl halides is 1. The molecule has 1 atom stereocenters. The van der Waals surface area contributed by atoms with Gasteiger partial charge in [-0.2, -0.15) is 5.10 Å². The van der Waals surface area contributed by atoms with E-state index in [0.29, 0.717) is 18.0 Å². The minimum atomic E-state index is 0.397. The summed E-state index contributed by atoms with van der Waals surface area (Å²) in [4.78, 5) is 0. The normalized spacial score (nSPS) is 18.7. The van der Waals surface area contributed by atoms with Crippen LogP contribution in [0.1, 0.15) is 50.8 Å². The van der Waals surface area contributed by atoms with E-state index in [1.165, 1.54) is 25.7 Å². The van der Waals surface area contributed by atoms with E-state index in [2.05, 4.69) is 34.3 Å². The summed E-state index contributed by atoms with van der Waals surface area (Å²) in [6, 6.07) is 3.15. The molecule has 1 saturated carbocycles. The Labute approximate surface area is 109 Å². The summed E-state index contributed by atoms with van der Waals surface area (Å²) < 4.78 is 2.14. The first-order valence-electron chi connectivity index (χ1n) is 6.67. The molecule has 0 amide bonds. The van der Waals surface area contributed by atoms with Gasteiger partial charge in [-0.25, -0.2) is 0 Å². The highest BCUT2D eigenvalue weighted by atomic mass is 35.5. The summed E-state index contributed by atoms with van der Waals surface area (Å²) in [6.07, 6.45) is 8.45. The monoisotopic (exact) mass is 255 g/mol. The third kappa shape index (κ3) is 3.46. The molecule has 17 heavy (non-hydrogen) atoms.